The number of aliphatic carboxylic acids is 1. The van der Waals surface area contributed by atoms with E-state index in [1.165, 1.54) is 0 Å². The van der Waals surface area contributed by atoms with Crippen LogP contribution in [0.4, 0.5) is 13.2 Å². The lowest BCUT2D eigenvalue weighted by atomic mass is 9.72. The van der Waals surface area contributed by atoms with Gasteiger partial charge in [0.2, 0.25) is 0 Å². The fourth-order valence-corrected chi connectivity index (χ4v) is 3.66. The van der Waals surface area contributed by atoms with Gasteiger partial charge in [-0.25, -0.2) is 0 Å². The molecule has 1 aromatic rings. The summed E-state index contributed by atoms with van der Waals surface area (Å²) in [6, 6.07) is 1.34. The maximum atomic E-state index is 13.0. The highest BCUT2D eigenvalue weighted by Crippen LogP contribution is 2.37. The molecule has 30 heavy (non-hydrogen) atoms. The summed E-state index contributed by atoms with van der Waals surface area (Å²) in [4.78, 5) is 15.9. The van der Waals surface area contributed by atoms with Gasteiger partial charge in [0.15, 0.2) is 0 Å². The molecule has 2 heterocycles. The number of carboxylic acids is 1. The number of halogens is 5. The first-order valence-corrected chi connectivity index (χ1v) is 9.19. The van der Waals surface area contributed by atoms with Crippen molar-refractivity contribution in [3.8, 4) is 0 Å². The summed E-state index contributed by atoms with van der Waals surface area (Å²) in [5, 5.41) is 30.6. The maximum Gasteiger partial charge on any atom is 0.451 e. The zero-order valence-electron chi connectivity index (χ0n) is 16.1. The molecule has 13 heteroatoms. The Kier molecular flexibility index (Phi) is 11.6. The van der Waals surface area contributed by atoms with Crippen molar-refractivity contribution in [1.82, 2.24) is 10.3 Å². The highest BCUT2D eigenvalue weighted by molar-refractivity contribution is 6.40. The van der Waals surface area contributed by atoms with Crippen LogP contribution in [-0.4, -0.2) is 45.3 Å². The van der Waals surface area contributed by atoms with E-state index in [1.54, 1.807) is 0 Å². The van der Waals surface area contributed by atoms with Crippen LogP contribution in [0.25, 0.3) is 0 Å². The third-order valence-electron chi connectivity index (χ3n) is 5.30. The van der Waals surface area contributed by atoms with E-state index in [2.05, 4.69) is 10.3 Å². The predicted octanol–water partition coefficient (Wildman–Crippen LogP) is 2.41. The molecule has 3 unspecified atom stereocenters. The monoisotopic (exact) mass is 475 g/mol. The smallest absolute Gasteiger partial charge is 0.451 e. The molecule has 0 radical (unpaired) electrons. The molecular weight excluding hydrogens is 449 g/mol. The van der Waals surface area contributed by atoms with Crippen molar-refractivity contribution in [1.29, 1.82) is 0 Å². The van der Waals surface area contributed by atoms with Gasteiger partial charge in [-0.15, -0.1) is 24.8 Å². The molecule has 0 bridgehead atoms. The number of nitrogens with one attached hydrogen (secondary N) is 1. The molecule has 1 aromatic heterocycles. The Morgan fingerprint density at radius 2 is 1.97 bits per heavy atom. The second kappa shape index (κ2) is 12.1. The molecule has 172 valence electrons. The van der Waals surface area contributed by atoms with E-state index in [0.717, 1.165) is 18.3 Å². The Morgan fingerprint density at radius 3 is 2.53 bits per heavy atom. The van der Waals surface area contributed by atoms with Crippen molar-refractivity contribution in [2.24, 2.45) is 11.7 Å². The molecule has 0 amide bonds. The quantitative estimate of drug-likeness (QED) is 0.288. The number of aromatic nitrogens is 1. The minimum atomic E-state index is -4.48. The van der Waals surface area contributed by atoms with Crippen LogP contribution < -0.4 is 11.1 Å². The summed E-state index contributed by atoms with van der Waals surface area (Å²) in [5.41, 5.74) is 4.08. The van der Waals surface area contributed by atoms with Gasteiger partial charge in [-0.2, -0.15) is 13.2 Å². The van der Waals surface area contributed by atoms with E-state index in [9.17, 15) is 23.1 Å². The topological polar surface area (TPSA) is 129 Å². The molecule has 2 rings (SSSR count). The van der Waals surface area contributed by atoms with Crippen molar-refractivity contribution in [3.05, 3.63) is 29.6 Å². The highest BCUT2D eigenvalue weighted by atomic mass is 35.5. The standard InChI is InChI=1S/C17H25BF3N3O4.2ClH/c19-17(20,21)12-4-8-24-14(10-12)13-9-11(3-7-23-13)16(22,15(25)26)5-1-2-6-18(27)28;;/h4,8,10-11,13,23,27-28H,1-3,5-7,9,22H2,(H,25,26);2*1H. The van der Waals surface area contributed by atoms with Crippen LogP contribution >= 0.6 is 24.8 Å². The molecule has 3 atom stereocenters. The zero-order chi connectivity index (χ0) is 20.9. The molecule has 1 fully saturated rings. The average molecular weight is 476 g/mol. The molecule has 1 aliphatic heterocycles. The molecule has 0 aromatic carbocycles. The first-order chi connectivity index (χ1) is 13.0. The summed E-state index contributed by atoms with van der Waals surface area (Å²) < 4.78 is 38.9. The van der Waals surface area contributed by atoms with Crippen LogP contribution in [0.3, 0.4) is 0 Å². The van der Waals surface area contributed by atoms with Crippen LogP contribution in [0.15, 0.2) is 18.3 Å². The Balaban J connectivity index is 0.00000420. The molecule has 6 N–H and O–H groups in total. The Bertz CT molecular complexity index is 688. The van der Waals surface area contributed by atoms with Gasteiger partial charge in [0.25, 0.3) is 0 Å². The molecule has 0 saturated carbocycles. The summed E-state index contributed by atoms with van der Waals surface area (Å²) >= 11 is 0. The Hall–Kier alpha value is -1.11. The number of rotatable bonds is 8. The van der Waals surface area contributed by atoms with Gasteiger partial charge < -0.3 is 26.2 Å². The van der Waals surface area contributed by atoms with Crippen molar-refractivity contribution in [3.63, 3.8) is 0 Å². The molecule has 7 nitrogen and oxygen atoms in total. The SMILES string of the molecule is Cl.Cl.NC(CCCCB(O)O)(C(=O)O)C1CCNC(c2cc(C(F)(F)F)ccn2)C1. The first kappa shape index (κ1) is 28.9. The van der Waals surface area contributed by atoms with Gasteiger partial charge in [-0.1, -0.05) is 12.8 Å². The number of carboxylic acid groups (broad SMARTS) is 1. The van der Waals surface area contributed by atoms with Gasteiger partial charge in [-0.3, -0.25) is 9.78 Å². The third kappa shape index (κ3) is 7.54. The first-order valence-electron chi connectivity index (χ1n) is 9.19. The number of hydrogen-bond acceptors (Lipinski definition) is 6. The van der Waals surface area contributed by atoms with Crippen LogP contribution in [0.5, 0.6) is 0 Å². The van der Waals surface area contributed by atoms with E-state index in [4.69, 9.17) is 15.8 Å². The van der Waals surface area contributed by atoms with E-state index in [-0.39, 0.29) is 49.7 Å². The van der Waals surface area contributed by atoms with E-state index in [0.29, 0.717) is 25.8 Å². The molecular formula is C17H27BCl2F3N3O4. The number of pyridine rings is 1. The maximum absolute atomic E-state index is 13.0. The highest BCUT2D eigenvalue weighted by Gasteiger charge is 2.44. The summed E-state index contributed by atoms with van der Waals surface area (Å²) in [6.45, 7) is 0.412. The van der Waals surface area contributed by atoms with Crippen molar-refractivity contribution in [2.75, 3.05) is 6.54 Å². The zero-order valence-corrected chi connectivity index (χ0v) is 17.8. The van der Waals surface area contributed by atoms with Crippen LogP contribution in [0.1, 0.15) is 49.4 Å². The third-order valence-corrected chi connectivity index (χ3v) is 5.30. The molecule has 0 aliphatic carbocycles. The van der Waals surface area contributed by atoms with Crippen LogP contribution in [0.2, 0.25) is 6.32 Å². The number of alkyl halides is 3. The number of unbranched alkanes of at least 4 members (excludes halogenated alkanes) is 1. The van der Waals surface area contributed by atoms with Gasteiger partial charge in [0.1, 0.15) is 5.54 Å². The van der Waals surface area contributed by atoms with Gasteiger partial charge in [-0.05, 0) is 50.2 Å². The van der Waals surface area contributed by atoms with Gasteiger partial charge in [0, 0.05) is 12.2 Å². The van der Waals surface area contributed by atoms with E-state index < -0.39 is 42.3 Å². The number of nitrogens with zero attached hydrogens (tertiary/aromatic N) is 1. The van der Waals surface area contributed by atoms with Gasteiger partial charge >= 0.3 is 19.3 Å². The van der Waals surface area contributed by atoms with Crippen molar-refractivity contribution < 1.29 is 33.1 Å². The number of piperidine rings is 1. The summed E-state index contributed by atoms with van der Waals surface area (Å²) in [5.74, 6) is -1.62. The molecule has 0 spiro atoms. The predicted molar refractivity (Wildman–Crippen MR) is 111 cm³/mol. The van der Waals surface area contributed by atoms with Crippen LogP contribution in [-0.2, 0) is 11.0 Å². The van der Waals surface area contributed by atoms with Gasteiger partial charge in [0.05, 0.1) is 11.3 Å². The fraction of sp³-hybridized carbons (Fsp3) is 0.647. The number of carbonyl (C=O) groups is 1. The minimum Gasteiger partial charge on any atom is -0.480 e. The van der Waals surface area contributed by atoms with Crippen LogP contribution in [0, 0.1) is 5.92 Å². The number of hydrogen-bond donors (Lipinski definition) is 5. The second-order valence-corrected chi connectivity index (χ2v) is 7.27. The van der Waals surface area contributed by atoms with E-state index >= 15 is 0 Å². The summed E-state index contributed by atoms with van der Waals surface area (Å²) in [6.07, 6.45) is -1.59. The second-order valence-electron chi connectivity index (χ2n) is 7.27. The normalized spacial score (nSPS) is 21.0. The fourth-order valence-electron chi connectivity index (χ4n) is 3.66. The largest absolute Gasteiger partial charge is 0.480 e. The lowest BCUT2D eigenvalue weighted by Crippen LogP contribution is -2.57. The lowest BCUT2D eigenvalue weighted by molar-refractivity contribution is -0.146. The lowest BCUT2D eigenvalue weighted by Gasteiger charge is -2.39. The number of nitrogens with two attached hydrogens (primary N) is 1. The van der Waals surface area contributed by atoms with E-state index in [1.807, 2.05) is 0 Å². The Labute approximate surface area is 185 Å². The average Bonchev–Trinajstić information content (AvgIpc) is 2.64. The van der Waals surface area contributed by atoms with Crippen molar-refractivity contribution >= 4 is 37.9 Å². The van der Waals surface area contributed by atoms with Crippen molar-refractivity contribution in [2.45, 2.75) is 56.2 Å². The molecule has 1 aliphatic rings. The molecule has 1 saturated heterocycles. The summed E-state index contributed by atoms with van der Waals surface area (Å²) in [7, 11) is -1.45. The Morgan fingerprint density at radius 1 is 1.30 bits per heavy atom. The minimum absolute atomic E-state index is 0.